The number of rotatable bonds is 12. The van der Waals surface area contributed by atoms with E-state index in [9.17, 15) is 0 Å². The SMILES string of the molecule is CCCCCCCC1(CCCCCCC)c2c[c-]ccc2-c2ccccc21.[Br-].[Mg+2]. The maximum atomic E-state index is 3.40. The summed E-state index contributed by atoms with van der Waals surface area (Å²) >= 11 is 0. The summed E-state index contributed by atoms with van der Waals surface area (Å²) in [5, 5.41) is 0. The van der Waals surface area contributed by atoms with Crippen molar-refractivity contribution in [1.29, 1.82) is 0 Å². The van der Waals surface area contributed by atoms with Crippen LogP contribution < -0.4 is 17.0 Å². The van der Waals surface area contributed by atoms with Crippen LogP contribution in [0.3, 0.4) is 0 Å². The average molecular weight is 466 g/mol. The molecular formula is C27H37BrMg. The molecule has 0 bridgehead atoms. The van der Waals surface area contributed by atoms with Gasteiger partial charge >= 0.3 is 23.1 Å². The maximum absolute atomic E-state index is 3.40. The molecule has 0 aromatic heterocycles. The Morgan fingerprint density at radius 2 is 1.24 bits per heavy atom. The van der Waals surface area contributed by atoms with Gasteiger partial charge in [0.15, 0.2) is 0 Å². The molecule has 154 valence electrons. The minimum atomic E-state index is 0. The van der Waals surface area contributed by atoms with Crippen molar-refractivity contribution in [3.8, 4) is 11.1 Å². The molecule has 0 amide bonds. The molecule has 3 rings (SSSR count). The van der Waals surface area contributed by atoms with Crippen LogP contribution in [0.4, 0.5) is 0 Å². The number of halogens is 1. The summed E-state index contributed by atoms with van der Waals surface area (Å²) in [7, 11) is 0. The second-order valence-electron chi connectivity index (χ2n) is 8.43. The first-order valence-electron chi connectivity index (χ1n) is 11.4. The van der Waals surface area contributed by atoms with E-state index in [1.54, 1.807) is 11.1 Å². The molecule has 0 N–H and O–H groups in total. The first-order valence-corrected chi connectivity index (χ1v) is 11.4. The van der Waals surface area contributed by atoms with Crippen LogP contribution in [0.15, 0.2) is 42.5 Å². The molecule has 0 saturated carbocycles. The van der Waals surface area contributed by atoms with Gasteiger partial charge in [-0.3, -0.25) is 0 Å². The molecule has 0 heterocycles. The Morgan fingerprint density at radius 3 is 1.86 bits per heavy atom. The quantitative estimate of drug-likeness (QED) is 0.232. The van der Waals surface area contributed by atoms with E-state index in [-0.39, 0.29) is 45.4 Å². The monoisotopic (exact) mass is 464 g/mol. The first kappa shape index (κ1) is 26.7. The molecule has 29 heavy (non-hydrogen) atoms. The molecule has 1 aliphatic rings. The van der Waals surface area contributed by atoms with Crippen molar-refractivity contribution in [2.75, 3.05) is 0 Å². The fourth-order valence-electron chi connectivity index (χ4n) is 5.07. The maximum Gasteiger partial charge on any atom is 2.00 e. The minimum Gasteiger partial charge on any atom is -1.00 e. The summed E-state index contributed by atoms with van der Waals surface area (Å²) in [6.45, 7) is 4.61. The molecule has 0 aliphatic heterocycles. The van der Waals surface area contributed by atoms with Gasteiger partial charge in [0.1, 0.15) is 0 Å². The van der Waals surface area contributed by atoms with E-state index in [2.05, 4.69) is 62.4 Å². The van der Waals surface area contributed by atoms with E-state index in [0.29, 0.717) is 0 Å². The molecule has 0 unspecified atom stereocenters. The van der Waals surface area contributed by atoms with E-state index in [1.807, 2.05) is 0 Å². The summed E-state index contributed by atoms with van der Waals surface area (Å²) in [6.07, 6.45) is 16.2. The third kappa shape index (κ3) is 6.34. The molecule has 2 aromatic rings. The fourth-order valence-corrected chi connectivity index (χ4v) is 5.07. The van der Waals surface area contributed by atoms with Gasteiger partial charge < -0.3 is 17.0 Å². The summed E-state index contributed by atoms with van der Waals surface area (Å²) in [6, 6.07) is 19.3. The molecule has 2 heteroatoms. The summed E-state index contributed by atoms with van der Waals surface area (Å²) in [5.41, 5.74) is 6.31. The molecule has 1 aliphatic carbocycles. The second kappa shape index (κ2) is 13.9. The number of hydrogen-bond acceptors (Lipinski definition) is 0. The van der Waals surface area contributed by atoms with Crippen molar-refractivity contribution in [3.63, 3.8) is 0 Å². The van der Waals surface area contributed by atoms with E-state index in [1.165, 1.54) is 88.2 Å². The largest absolute Gasteiger partial charge is 2.00 e. The van der Waals surface area contributed by atoms with Crippen molar-refractivity contribution in [2.24, 2.45) is 0 Å². The van der Waals surface area contributed by atoms with Crippen LogP contribution >= 0.6 is 0 Å². The van der Waals surface area contributed by atoms with Gasteiger partial charge in [0.2, 0.25) is 0 Å². The Labute approximate surface area is 206 Å². The standard InChI is InChI=1S/C27H37.BrH.Mg/c1-3-5-7-9-15-21-27(22-16-10-8-6-4-2)25-19-13-11-17-23(25)24-18-12-14-20-26(24)27;;/h11-13,17-20H,3-10,15-16,21-22H2,1-2H3;1H;/q-1;;+2/p-1. The van der Waals surface area contributed by atoms with E-state index in [0.717, 1.165) is 0 Å². The Hall–Kier alpha value is -0.314. The Bertz CT molecular complexity index is 648. The Balaban J connectivity index is 0.00000210. The van der Waals surface area contributed by atoms with Crippen molar-refractivity contribution >= 4 is 23.1 Å². The molecule has 2 aromatic carbocycles. The van der Waals surface area contributed by atoms with Crippen LogP contribution in [-0.2, 0) is 5.41 Å². The number of unbranched alkanes of at least 4 members (excludes halogenated alkanes) is 8. The molecule has 0 fully saturated rings. The molecule has 0 nitrogen and oxygen atoms in total. The molecule has 0 radical (unpaired) electrons. The fraction of sp³-hybridized carbons (Fsp3) is 0.556. The predicted molar refractivity (Wildman–Crippen MR) is 124 cm³/mol. The molecule has 0 saturated heterocycles. The Morgan fingerprint density at radius 1 is 0.690 bits per heavy atom. The van der Waals surface area contributed by atoms with Crippen LogP contribution in [0.5, 0.6) is 0 Å². The Kier molecular flexibility index (Phi) is 12.8. The van der Waals surface area contributed by atoms with E-state index in [4.69, 9.17) is 0 Å². The van der Waals surface area contributed by atoms with Gasteiger partial charge in [-0.05, 0) is 16.5 Å². The summed E-state index contributed by atoms with van der Waals surface area (Å²) < 4.78 is 0. The predicted octanol–water partition coefficient (Wildman–Crippen LogP) is 5.10. The van der Waals surface area contributed by atoms with Crippen LogP contribution in [0.1, 0.15) is 102 Å². The van der Waals surface area contributed by atoms with Crippen LogP contribution in [0, 0.1) is 6.07 Å². The third-order valence-electron chi connectivity index (χ3n) is 6.53. The van der Waals surface area contributed by atoms with Crippen molar-refractivity contribution in [2.45, 2.75) is 96.3 Å². The van der Waals surface area contributed by atoms with Crippen molar-refractivity contribution in [3.05, 3.63) is 59.7 Å². The van der Waals surface area contributed by atoms with Crippen molar-refractivity contribution < 1.29 is 17.0 Å². The van der Waals surface area contributed by atoms with Crippen LogP contribution in [0.2, 0.25) is 0 Å². The van der Waals surface area contributed by atoms with Gasteiger partial charge in [-0.2, -0.15) is 24.3 Å². The summed E-state index contributed by atoms with van der Waals surface area (Å²) in [4.78, 5) is 0. The first-order chi connectivity index (χ1) is 13.3. The zero-order valence-electron chi connectivity index (χ0n) is 18.6. The van der Waals surface area contributed by atoms with Crippen LogP contribution in [0.25, 0.3) is 11.1 Å². The van der Waals surface area contributed by atoms with Gasteiger partial charge in [-0.1, -0.05) is 115 Å². The minimum absolute atomic E-state index is 0. The number of fused-ring (bicyclic) bond motifs is 3. The zero-order chi connectivity index (χ0) is 19.0. The van der Waals surface area contributed by atoms with Gasteiger partial charge in [0.05, 0.1) is 0 Å². The topological polar surface area (TPSA) is 0 Å². The van der Waals surface area contributed by atoms with E-state index < -0.39 is 0 Å². The smallest absolute Gasteiger partial charge is 1.00 e. The normalized spacial score (nSPS) is 13.2. The van der Waals surface area contributed by atoms with Gasteiger partial charge in [0, 0.05) is 0 Å². The van der Waals surface area contributed by atoms with Crippen molar-refractivity contribution in [1.82, 2.24) is 0 Å². The second-order valence-corrected chi connectivity index (χ2v) is 8.43. The molecule has 0 spiro atoms. The van der Waals surface area contributed by atoms with Gasteiger partial charge in [-0.25, -0.2) is 0 Å². The van der Waals surface area contributed by atoms with Gasteiger partial charge in [0.25, 0.3) is 0 Å². The average Bonchev–Trinajstić information content (AvgIpc) is 2.99. The van der Waals surface area contributed by atoms with Gasteiger partial charge in [-0.15, -0.1) is 11.1 Å². The molecular weight excluding hydrogens is 429 g/mol. The van der Waals surface area contributed by atoms with E-state index >= 15 is 0 Å². The van der Waals surface area contributed by atoms with Crippen LogP contribution in [-0.4, -0.2) is 23.1 Å². The zero-order valence-corrected chi connectivity index (χ0v) is 21.6. The summed E-state index contributed by atoms with van der Waals surface area (Å²) in [5.74, 6) is 0. The molecule has 0 atom stereocenters. The number of benzene rings is 2. The number of hydrogen-bond donors (Lipinski definition) is 0. The third-order valence-corrected chi connectivity index (χ3v) is 6.53.